The van der Waals surface area contributed by atoms with Crippen molar-refractivity contribution >= 4 is 11.6 Å². The standard InChI is InChI=1S/C13H17ClO/c1-2-3-11-9-13(11,15)8-10-4-6-12(14)7-5-10/h4-7,11,15H,2-3,8-9H2,1H3. The number of hydrogen-bond acceptors (Lipinski definition) is 1. The van der Waals surface area contributed by atoms with E-state index >= 15 is 0 Å². The van der Waals surface area contributed by atoms with Crippen molar-refractivity contribution in [2.45, 2.75) is 38.2 Å². The molecule has 2 heteroatoms. The van der Waals surface area contributed by atoms with E-state index in [1.807, 2.05) is 24.3 Å². The van der Waals surface area contributed by atoms with Crippen LogP contribution in [-0.4, -0.2) is 10.7 Å². The smallest absolute Gasteiger partial charge is 0.0720 e. The number of halogens is 1. The average molecular weight is 225 g/mol. The van der Waals surface area contributed by atoms with Crippen molar-refractivity contribution in [2.24, 2.45) is 5.92 Å². The minimum atomic E-state index is -0.427. The number of benzene rings is 1. The zero-order valence-electron chi connectivity index (χ0n) is 9.04. The summed E-state index contributed by atoms with van der Waals surface area (Å²) in [5.41, 5.74) is 0.754. The molecule has 0 aliphatic heterocycles. The maximum atomic E-state index is 10.2. The van der Waals surface area contributed by atoms with E-state index < -0.39 is 5.60 Å². The van der Waals surface area contributed by atoms with Gasteiger partial charge in [-0.05, 0) is 36.5 Å². The highest BCUT2D eigenvalue weighted by Crippen LogP contribution is 2.48. The molecular formula is C13H17ClO. The van der Waals surface area contributed by atoms with E-state index in [0.717, 1.165) is 30.7 Å². The second-order valence-electron chi connectivity index (χ2n) is 4.60. The summed E-state index contributed by atoms with van der Waals surface area (Å²) in [7, 11) is 0. The van der Waals surface area contributed by atoms with E-state index in [0.29, 0.717) is 5.92 Å². The SMILES string of the molecule is CCCC1CC1(O)Cc1ccc(Cl)cc1. The molecule has 1 saturated carbocycles. The molecule has 2 rings (SSSR count). The first-order valence-corrected chi connectivity index (χ1v) is 5.98. The Hall–Kier alpha value is -0.530. The third kappa shape index (κ3) is 2.53. The monoisotopic (exact) mass is 224 g/mol. The Bertz CT molecular complexity index is 333. The molecule has 0 amide bonds. The Labute approximate surface area is 96.1 Å². The molecule has 0 aromatic heterocycles. The molecule has 0 heterocycles. The molecule has 0 saturated heterocycles. The molecule has 82 valence electrons. The van der Waals surface area contributed by atoms with Crippen LogP contribution in [0.25, 0.3) is 0 Å². The van der Waals surface area contributed by atoms with Gasteiger partial charge in [-0.15, -0.1) is 0 Å². The van der Waals surface area contributed by atoms with Gasteiger partial charge in [-0.1, -0.05) is 37.1 Å². The zero-order chi connectivity index (χ0) is 10.9. The van der Waals surface area contributed by atoms with Crippen LogP contribution in [0.15, 0.2) is 24.3 Å². The minimum Gasteiger partial charge on any atom is -0.389 e. The van der Waals surface area contributed by atoms with Crippen LogP contribution in [0.2, 0.25) is 5.02 Å². The van der Waals surface area contributed by atoms with Crippen LogP contribution < -0.4 is 0 Å². The predicted octanol–water partition coefficient (Wildman–Crippen LogP) is 3.43. The van der Waals surface area contributed by atoms with Crippen LogP contribution in [0, 0.1) is 5.92 Å². The van der Waals surface area contributed by atoms with Crippen molar-refractivity contribution in [3.8, 4) is 0 Å². The normalized spacial score (nSPS) is 29.1. The Kier molecular flexibility index (Phi) is 3.03. The van der Waals surface area contributed by atoms with Gasteiger partial charge in [-0.2, -0.15) is 0 Å². The molecule has 2 unspecified atom stereocenters. The summed E-state index contributed by atoms with van der Waals surface area (Å²) in [4.78, 5) is 0. The highest BCUT2D eigenvalue weighted by molar-refractivity contribution is 6.30. The quantitative estimate of drug-likeness (QED) is 0.831. The van der Waals surface area contributed by atoms with Gasteiger partial charge in [-0.25, -0.2) is 0 Å². The summed E-state index contributed by atoms with van der Waals surface area (Å²) in [6.45, 7) is 2.17. The molecular weight excluding hydrogens is 208 g/mol. The van der Waals surface area contributed by atoms with Crippen LogP contribution in [0.4, 0.5) is 0 Å². The maximum absolute atomic E-state index is 10.2. The lowest BCUT2D eigenvalue weighted by Gasteiger charge is -2.10. The van der Waals surface area contributed by atoms with Gasteiger partial charge in [0.15, 0.2) is 0 Å². The topological polar surface area (TPSA) is 20.2 Å². The molecule has 1 aliphatic rings. The molecule has 0 spiro atoms. The van der Waals surface area contributed by atoms with Crippen molar-refractivity contribution < 1.29 is 5.11 Å². The van der Waals surface area contributed by atoms with Crippen LogP contribution in [-0.2, 0) is 6.42 Å². The molecule has 1 aromatic carbocycles. The molecule has 2 atom stereocenters. The third-order valence-electron chi connectivity index (χ3n) is 3.26. The lowest BCUT2D eigenvalue weighted by Crippen LogP contribution is -2.14. The summed E-state index contributed by atoms with van der Waals surface area (Å²) in [5.74, 6) is 0.512. The molecule has 0 radical (unpaired) electrons. The Morgan fingerprint density at radius 1 is 1.40 bits per heavy atom. The van der Waals surface area contributed by atoms with Crippen molar-refractivity contribution in [1.82, 2.24) is 0 Å². The third-order valence-corrected chi connectivity index (χ3v) is 3.51. The first-order valence-electron chi connectivity index (χ1n) is 5.61. The van der Waals surface area contributed by atoms with Crippen LogP contribution in [0.3, 0.4) is 0 Å². The van der Waals surface area contributed by atoms with E-state index in [9.17, 15) is 5.11 Å². The number of aliphatic hydroxyl groups is 1. The Morgan fingerprint density at radius 2 is 2.07 bits per heavy atom. The first kappa shape index (κ1) is 11.0. The fourth-order valence-electron chi connectivity index (χ4n) is 2.26. The molecule has 1 N–H and O–H groups in total. The fourth-order valence-corrected chi connectivity index (χ4v) is 2.39. The summed E-state index contributed by atoms with van der Waals surface area (Å²) in [5, 5.41) is 11.0. The van der Waals surface area contributed by atoms with Gasteiger partial charge in [-0.3, -0.25) is 0 Å². The molecule has 0 bridgehead atoms. The molecule has 1 aromatic rings. The Morgan fingerprint density at radius 3 is 2.67 bits per heavy atom. The summed E-state index contributed by atoms with van der Waals surface area (Å²) in [6.07, 6.45) is 4.04. The van der Waals surface area contributed by atoms with Crippen molar-refractivity contribution in [3.05, 3.63) is 34.9 Å². The average Bonchev–Trinajstić information content (AvgIpc) is 2.82. The van der Waals surface area contributed by atoms with Crippen molar-refractivity contribution in [2.75, 3.05) is 0 Å². The first-order chi connectivity index (χ1) is 7.14. The van der Waals surface area contributed by atoms with Gasteiger partial charge in [0.05, 0.1) is 5.60 Å². The van der Waals surface area contributed by atoms with E-state index in [-0.39, 0.29) is 0 Å². The minimum absolute atomic E-state index is 0.427. The summed E-state index contributed by atoms with van der Waals surface area (Å²) >= 11 is 5.81. The highest BCUT2D eigenvalue weighted by atomic mass is 35.5. The largest absolute Gasteiger partial charge is 0.389 e. The van der Waals surface area contributed by atoms with Gasteiger partial charge in [0, 0.05) is 11.4 Å². The maximum Gasteiger partial charge on any atom is 0.0720 e. The van der Waals surface area contributed by atoms with E-state index in [2.05, 4.69) is 6.92 Å². The highest BCUT2D eigenvalue weighted by Gasteiger charge is 2.51. The van der Waals surface area contributed by atoms with E-state index in [1.54, 1.807) is 0 Å². The van der Waals surface area contributed by atoms with Crippen LogP contribution >= 0.6 is 11.6 Å². The zero-order valence-corrected chi connectivity index (χ0v) is 9.80. The van der Waals surface area contributed by atoms with Gasteiger partial charge < -0.3 is 5.11 Å². The van der Waals surface area contributed by atoms with Gasteiger partial charge >= 0.3 is 0 Å². The molecule has 1 aliphatic carbocycles. The predicted molar refractivity (Wildman–Crippen MR) is 63.1 cm³/mol. The second-order valence-corrected chi connectivity index (χ2v) is 5.03. The number of rotatable bonds is 4. The molecule has 1 nitrogen and oxygen atoms in total. The van der Waals surface area contributed by atoms with Crippen LogP contribution in [0.5, 0.6) is 0 Å². The van der Waals surface area contributed by atoms with Crippen molar-refractivity contribution in [3.63, 3.8) is 0 Å². The van der Waals surface area contributed by atoms with Gasteiger partial charge in [0.25, 0.3) is 0 Å². The van der Waals surface area contributed by atoms with Gasteiger partial charge in [0.2, 0.25) is 0 Å². The molecule has 15 heavy (non-hydrogen) atoms. The number of hydrogen-bond donors (Lipinski definition) is 1. The molecule has 1 fully saturated rings. The van der Waals surface area contributed by atoms with Gasteiger partial charge in [0.1, 0.15) is 0 Å². The fraction of sp³-hybridized carbons (Fsp3) is 0.538. The Balaban J connectivity index is 1.95. The van der Waals surface area contributed by atoms with E-state index in [4.69, 9.17) is 11.6 Å². The lowest BCUT2D eigenvalue weighted by molar-refractivity contribution is 0.129. The van der Waals surface area contributed by atoms with Crippen molar-refractivity contribution in [1.29, 1.82) is 0 Å². The summed E-state index contributed by atoms with van der Waals surface area (Å²) in [6, 6.07) is 7.78. The van der Waals surface area contributed by atoms with Crippen LogP contribution in [0.1, 0.15) is 31.7 Å². The summed E-state index contributed by atoms with van der Waals surface area (Å²) < 4.78 is 0. The lowest BCUT2D eigenvalue weighted by atomic mass is 10.0. The second kappa shape index (κ2) is 4.15. The van der Waals surface area contributed by atoms with E-state index in [1.165, 1.54) is 5.56 Å².